The van der Waals surface area contributed by atoms with Crippen LogP contribution in [0.4, 0.5) is 5.82 Å². The largest absolute Gasteiger partial charge is 0.383 e. The standard InChI is InChI=1S/C24H27N7O3/c1-5-21(32)30-13-16(11-17(30)14-34-4)31-24(26-2)22(23(25)33)19(28-31)10-9-15-7-6-8-20-18(15)12-27-29(20)3/h5-8,12,16-17,26H,1,11,13-14H2,2-4H3,(H2,25,33)/t16-,17+/m0/s1. The van der Waals surface area contributed by atoms with Gasteiger partial charge in [-0.1, -0.05) is 18.6 Å². The van der Waals surface area contributed by atoms with Crippen molar-refractivity contribution in [2.45, 2.75) is 18.5 Å². The van der Waals surface area contributed by atoms with Crippen LogP contribution in [0.2, 0.25) is 0 Å². The van der Waals surface area contributed by atoms with Crippen molar-refractivity contribution in [1.82, 2.24) is 24.5 Å². The highest BCUT2D eigenvalue weighted by Crippen LogP contribution is 2.32. The van der Waals surface area contributed by atoms with E-state index in [1.165, 1.54) is 6.08 Å². The molecule has 1 aromatic carbocycles. The van der Waals surface area contributed by atoms with Crippen molar-refractivity contribution in [1.29, 1.82) is 0 Å². The third-order valence-corrected chi connectivity index (χ3v) is 6.06. The minimum absolute atomic E-state index is 0.135. The van der Waals surface area contributed by atoms with Crippen molar-refractivity contribution < 1.29 is 14.3 Å². The summed E-state index contributed by atoms with van der Waals surface area (Å²) in [5, 5.41) is 12.9. The van der Waals surface area contributed by atoms with Gasteiger partial charge in [-0.3, -0.25) is 14.3 Å². The molecule has 176 valence electrons. The van der Waals surface area contributed by atoms with E-state index < -0.39 is 5.91 Å². The molecule has 1 saturated heterocycles. The minimum Gasteiger partial charge on any atom is -0.383 e. The van der Waals surface area contributed by atoms with Crippen molar-refractivity contribution >= 4 is 28.5 Å². The zero-order chi connectivity index (χ0) is 24.4. The minimum atomic E-state index is -0.634. The lowest BCUT2D eigenvalue weighted by molar-refractivity contribution is -0.127. The molecule has 0 unspecified atom stereocenters. The molecule has 0 bridgehead atoms. The Morgan fingerprint density at radius 3 is 2.85 bits per heavy atom. The van der Waals surface area contributed by atoms with Gasteiger partial charge in [0, 0.05) is 38.7 Å². The number of aromatic nitrogens is 4. The number of amides is 2. The van der Waals surface area contributed by atoms with Gasteiger partial charge >= 0.3 is 0 Å². The molecule has 2 atom stereocenters. The topological polar surface area (TPSA) is 120 Å². The monoisotopic (exact) mass is 461 g/mol. The molecule has 0 spiro atoms. The fourth-order valence-corrected chi connectivity index (χ4v) is 4.48. The third-order valence-electron chi connectivity index (χ3n) is 6.06. The molecule has 10 heteroatoms. The maximum Gasteiger partial charge on any atom is 0.255 e. The van der Waals surface area contributed by atoms with Crippen LogP contribution in [0.5, 0.6) is 0 Å². The molecule has 2 aromatic heterocycles. The summed E-state index contributed by atoms with van der Waals surface area (Å²) < 4.78 is 8.78. The normalized spacial score (nSPS) is 17.4. The number of hydrogen-bond donors (Lipinski definition) is 2. The lowest BCUT2D eigenvalue weighted by atomic mass is 10.1. The second-order valence-electron chi connectivity index (χ2n) is 8.08. The third kappa shape index (κ3) is 4.02. The highest BCUT2D eigenvalue weighted by molar-refractivity contribution is 6.00. The van der Waals surface area contributed by atoms with Crippen molar-refractivity contribution in [3.63, 3.8) is 0 Å². The van der Waals surface area contributed by atoms with E-state index in [2.05, 4.69) is 33.9 Å². The summed E-state index contributed by atoms with van der Waals surface area (Å²) in [5.41, 5.74) is 7.93. The molecule has 0 saturated carbocycles. The first kappa shape index (κ1) is 23.1. The molecule has 2 amide bonds. The summed E-state index contributed by atoms with van der Waals surface area (Å²) in [7, 11) is 5.16. The average Bonchev–Trinajstić information content (AvgIpc) is 3.52. The fourth-order valence-electron chi connectivity index (χ4n) is 4.48. The molecule has 1 fully saturated rings. The second-order valence-corrected chi connectivity index (χ2v) is 8.08. The molecule has 1 aliphatic heterocycles. The van der Waals surface area contributed by atoms with E-state index >= 15 is 0 Å². The highest BCUT2D eigenvalue weighted by atomic mass is 16.5. The number of primary amides is 1. The van der Waals surface area contributed by atoms with Crippen molar-refractivity contribution in [3.8, 4) is 11.8 Å². The zero-order valence-electron chi connectivity index (χ0n) is 19.4. The van der Waals surface area contributed by atoms with Crippen LogP contribution >= 0.6 is 0 Å². The summed E-state index contributed by atoms with van der Waals surface area (Å²) in [6.45, 7) is 4.38. The van der Waals surface area contributed by atoms with E-state index in [1.54, 1.807) is 34.6 Å². The quantitative estimate of drug-likeness (QED) is 0.422. The molecule has 3 N–H and O–H groups in total. The van der Waals surface area contributed by atoms with Crippen LogP contribution in [0, 0.1) is 11.8 Å². The number of aryl methyl sites for hydroxylation is 1. The van der Waals surface area contributed by atoms with E-state index in [4.69, 9.17) is 10.5 Å². The zero-order valence-corrected chi connectivity index (χ0v) is 19.4. The number of hydrogen-bond acceptors (Lipinski definition) is 6. The Kier molecular flexibility index (Phi) is 6.38. The fraction of sp³-hybridized carbons (Fsp3) is 0.333. The Bertz CT molecular complexity index is 1330. The molecule has 0 radical (unpaired) electrons. The van der Waals surface area contributed by atoms with Crippen LogP contribution < -0.4 is 11.1 Å². The lowest BCUT2D eigenvalue weighted by Crippen LogP contribution is -2.37. The van der Waals surface area contributed by atoms with Gasteiger partial charge in [0.25, 0.3) is 5.91 Å². The Hall–Kier alpha value is -4.10. The first-order valence-corrected chi connectivity index (χ1v) is 10.8. The molecular weight excluding hydrogens is 434 g/mol. The highest BCUT2D eigenvalue weighted by Gasteiger charge is 2.37. The summed E-state index contributed by atoms with van der Waals surface area (Å²) in [6, 6.07) is 5.43. The van der Waals surface area contributed by atoms with Crippen molar-refractivity contribution in [3.05, 3.63) is 53.9 Å². The first-order chi connectivity index (χ1) is 16.4. The van der Waals surface area contributed by atoms with Gasteiger partial charge in [0.2, 0.25) is 5.91 Å². The SMILES string of the molecule is C=CC(=O)N1C[C@@H](n2nc(C#Cc3cccc4c3cnn4C)c(C(N)=O)c2NC)C[C@@H]1COC. The van der Waals surface area contributed by atoms with Crippen LogP contribution in [-0.2, 0) is 16.6 Å². The van der Waals surface area contributed by atoms with Crippen LogP contribution in [0.15, 0.2) is 37.1 Å². The number of nitrogens with zero attached hydrogens (tertiary/aromatic N) is 5. The van der Waals surface area contributed by atoms with Crippen molar-refractivity contribution in [2.24, 2.45) is 12.8 Å². The molecule has 4 rings (SSSR count). The second kappa shape index (κ2) is 9.41. The molecule has 10 nitrogen and oxygen atoms in total. The number of anilines is 1. The van der Waals surface area contributed by atoms with Gasteiger partial charge < -0.3 is 20.7 Å². The van der Waals surface area contributed by atoms with E-state index in [9.17, 15) is 9.59 Å². The molecule has 3 aromatic rings. The van der Waals surface area contributed by atoms with Crippen LogP contribution in [-0.4, -0.2) is 69.6 Å². The van der Waals surface area contributed by atoms with Gasteiger partial charge in [-0.25, -0.2) is 4.68 Å². The Balaban J connectivity index is 1.76. The maximum atomic E-state index is 12.4. The number of likely N-dealkylation sites (tertiary alicyclic amines) is 1. The first-order valence-electron chi connectivity index (χ1n) is 10.8. The maximum absolute atomic E-state index is 12.4. The summed E-state index contributed by atoms with van der Waals surface area (Å²) in [6.07, 6.45) is 3.65. The van der Waals surface area contributed by atoms with Gasteiger partial charge in [-0.2, -0.15) is 10.2 Å². The van der Waals surface area contributed by atoms with Gasteiger partial charge in [-0.15, -0.1) is 0 Å². The van der Waals surface area contributed by atoms with Crippen molar-refractivity contribution in [2.75, 3.05) is 32.6 Å². The number of rotatable bonds is 6. The van der Waals surface area contributed by atoms with Crippen LogP contribution in [0.25, 0.3) is 10.9 Å². The van der Waals surface area contributed by atoms with E-state index in [0.29, 0.717) is 25.4 Å². The van der Waals surface area contributed by atoms with Crippen LogP contribution in [0.1, 0.15) is 34.1 Å². The number of fused-ring (bicyclic) bond motifs is 1. The van der Waals surface area contributed by atoms with Gasteiger partial charge in [0.05, 0.1) is 30.4 Å². The van der Waals surface area contributed by atoms with Gasteiger partial charge in [0.1, 0.15) is 11.4 Å². The molecular formula is C24H27N7O3. The van der Waals surface area contributed by atoms with E-state index in [0.717, 1.165) is 16.5 Å². The van der Waals surface area contributed by atoms with Gasteiger partial charge in [-0.05, 0) is 30.6 Å². The Labute approximate surface area is 197 Å². The summed E-state index contributed by atoms with van der Waals surface area (Å²) in [4.78, 5) is 26.5. The number of ether oxygens (including phenoxy) is 1. The summed E-state index contributed by atoms with van der Waals surface area (Å²) >= 11 is 0. The molecule has 34 heavy (non-hydrogen) atoms. The predicted octanol–water partition coefficient (Wildman–Crippen LogP) is 1.28. The molecule has 3 heterocycles. The number of methoxy groups -OCH3 is 1. The number of carbonyl (C=O) groups excluding carboxylic acids is 2. The number of benzene rings is 1. The van der Waals surface area contributed by atoms with E-state index in [-0.39, 0.29) is 29.2 Å². The predicted molar refractivity (Wildman–Crippen MR) is 128 cm³/mol. The Morgan fingerprint density at radius 1 is 1.38 bits per heavy atom. The molecule has 1 aliphatic rings. The molecule has 0 aliphatic carbocycles. The lowest BCUT2D eigenvalue weighted by Gasteiger charge is -2.22. The smallest absolute Gasteiger partial charge is 0.255 e. The number of carbonyl (C=O) groups is 2. The Morgan fingerprint density at radius 2 is 2.18 bits per heavy atom. The average molecular weight is 462 g/mol. The number of nitrogens with one attached hydrogen (secondary N) is 1. The summed E-state index contributed by atoms with van der Waals surface area (Å²) in [5.74, 6) is 5.80. The van der Waals surface area contributed by atoms with Crippen LogP contribution in [0.3, 0.4) is 0 Å². The van der Waals surface area contributed by atoms with Gasteiger partial charge in [0.15, 0.2) is 5.69 Å². The number of nitrogens with two attached hydrogens (primary N) is 1. The van der Waals surface area contributed by atoms with E-state index in [1.807, 2.05) is 25.2 Å².